The van der Waals surface area contributed by atoms with Crippen molar-refractivity contribution in [1.82, 2.24) is 10.6 Å². The first-order valence-electron chi connectivity index (χ1n) is 7.02. The van der Waals surface area contributed by atoms with Crippen LogP contribution in [0, 0.1) is 6.92 Å². The number of amides is 2. The van der Waals surface area contributed by atoms with Gasteiger partial charge in [0.05, 0.1) is 11.4 Å². The molecule has 1 heterocycles. The number of thiophene rings is 1. The van der Waals surface area contributed by atoms with Crippen LogP contribution < -0.4 is 10.6 Å². The summed E-state index contributed by atoms with van der Waals surface area (Å²) in [7, 11) is 0. The second kappa shape index (κ2) is 7.48. The number of carbonyl (C=O) groups excluding carboxylic acids is 2. The normalized spacial score (nSPS) is 11.2. The van der Waals surface area contributed by atoms with Crippen LogP contribution in [0.1, 0.15) is 15.2 Å². The molecule has 24 heavy (non-hydrogen) atoms. The molecule has 0 radical (unpaired) electrons. The Morgan fingerprint density at radius 1 is 1.08 bits per heavy atom. The molecular formula is C16H15F3N2O2S. The molecule has 0 unspecified atom stereocenters. The van der Waals surface area contributed by atoms with Gasteiger partial charge < -0.3 is 10.6 Å². The highest BCUT2D eigenvalue weighted by Gasteiger charge is 2.27. The lowest BCUT2D eigenvalue weighted by Gasteiger charge is -2.09. The Labute approximate surface area is 140 Å². The first-order valence-corrected chi connectivity index (χ1v) is 7.90. The summed E-state index contributed by atoms with van der Waals surface area (Å²) < 4.78 is 36.0. The summed E-state index contributed by atoms with van der Waals surface area (Å²) in [5.74, 6) is -1.39. The van der Waals surface area contributed by atoms with E-state index in [4.69, 9.17) is 0 Å². The molecule has 0 fully saturated rings. The Kier molecular flexibility index (Phi) is 5.61. The van der Waals surface area contributed by atoms with Crippen molar-refractivity contribution in [2.75, 3.05) is 13.1 Å². The molecule has 128 valence electrons. The molecule has 0 aliphatic rings. The molecular weight excluding hydrogens is 341 g/mol. The van der Waals surface area contributed by atoms with Gasteiger partial charge in [-0.2, -0.15) is 13.2 Å². The van der Waals surface area contributed by atoms with Crippen LogP contribution >= 0.6 is 11.3 Å². The summed E-state index contributed by atoms with van der Waals surface area (Å²) in [6.45, 7) is 0.0139. The van der Waals surface area contributed by atoms with E-state index in [0.717, 1.165) is 11.1 Å². The molecule has 0 spiro atoms. The fraction of sp³-hybridized carbons (Fsp3) is 0.250. The number of hydrogen-bond acceptors (Lipinski definition) is 3. The van der Waals surface area contributed by atoms with Crippen LogP contribution in [0.15, 0.2) is 35.7 Å². The smallest absolute Gasteiger partial charge is 0.345 e. The number of halogens is 3. The van der Waals surface area contributed by atoms with Gasteiger partial charge >= 0.3 is 6.18 Å². The predicted octanol–water partition coefficient (Wildman–Crippen LogP) is 3.13. The average Bonchev–Trinajstić information content (AvgIpc) is 3.00. The van der Waals surface area contributed by atoms with Crippen LogP contribution in [0.25, 0.3) is 11.1 Å². The molecule has 4 nitrogen and oxygen atoms in total. The summed E-state index contributed by atoms with van der Waals surface area (Å²) in [6.07, 6.45) is -4.48. The number of nitrogens with one attached hydrogen (secondary N) is 2. The Morgan fingerprint density at radius 3 is 2.38 bits per heavy atom. The standard InChI is InChI=1S/C16H15F3N2O2S/c1-10-2-4-11(5-3-10)12-6-7-24-14(12)15(23)20-8-13(22)21-9-16(17,18)19/h2-7H,8-9H2,1H3,(H,20,23)(H,21,22). The maximum absolute atomic E-state index is 12.2. The van der Waals surface area contributed by atoms with Gasteiger partial charge in [0.1, 0.15) is 6.54 Å². The third kappa shape index (κ3) is 5.09. The third-order valence-corrected chi connectivity index (χ3v) is 4.04. The second-order valence-electron chi connectivity index (χ2n) is 5.10. The first kappa shape index (κ1) is 18.0. The molecule has 2 N–H and O–H groups in total. The summed E-state index contributed by atoms with van der Waals surface area (Å²) in [6, 6.07) is 9.38. The van der Waals surface area contributed by atoms with Crippen molar-refractivity contribution in [2.24, 2.45) is 0 Å². The highest BCUT2D eigenvalue weighted by molar-refractivity contribution is 7.12. The minimum Gasteiger partial charge on any atom is -0.345 e. The Hall–Kier alpha value is -2.35. The summed E-state index contributed by atoms with van der Waals surface area (Å²) in [4.78, 5) is 23.9. The Bertz CT molecular complexity index is 724. The van der Waals surface area contributed by atoms with Crippen molar-refractivity contribution in [1.29, 1.82) is 0 Å². The van der Waals surface area contributed by atoms with Crippen LogP contribution in [-0.4, -0.2) is 31.1 Å². The molecule has 2 aromatic rings. The number of carbonyl (C=O) groups is 2. The van der Waals surface area contributed by atoms with E-state index in [1.807, 2.05) is 31.2 Å². The number of alkyl halides is 3. The molecule has 0 saturated heterocycles. The first-order chi connectivity index (χ1) is 11.3. The van der Waals surface area contributed by atoms with Gasteiger partial charge in [0.15, 0.2) is 0 Å². The Balaban J connectivity index is 1.98. The van der Waals surface area contributed by atoms with Crippen molar-refractivity contribution in [3.8, 4) is 11.1 Å². The van der Waals surface area contributed by atoms with Gasteiger partial charge in [-0.3, -0.25) is 9.59 Å². The van der Waals surface area contributed by atoms with Crippen molar-refractivity contribution >= 4 is 23.2 Å². The van der Waals surface area contributed by atoms with E-state index in [1.54, 1.807) is 16.8 Å². The largest absolute Gasteiger partial charge is 0.405 e. The van der Waals surface area contributed by atoms with E-state index in [2.05, 4.69) is 5.32 Å². The maximum atomic E-state index is 12.2. The van der Waals surface area contributed by atoms with Crippen LogP contribution in [0.2, 0.25) is 0 Å². The van der Waals surface area contributed by atoms with Crippen molar-refractivity contribution in [3.63, 3.8) is 0 Å². The quantitative estimate of drug-likeness (QED) is 0.865. The second-order valence-corrected chi connectivity index (χ2v) is 6.02. The van der Waals surface area contributed by atoms with Gasteiger partial charge in [0.25, 0.3) is 5.91 Å². The lowest BCUT2D eigenvalue weighted by atomic mass is 10.0. The Morgan fingerprint density at radius 2 is 1.75 bits per heavy atom. The maximum Gasteiger partial charge on any atom is 0.405 e. The topological polar surface area (TPSA) is 58.2 Å². The zero-order valence-electron chi connectivity index (χ0n) is 12.7. The molecule has 2 rings (SSSR count). The van der Waals surface area contributed by atoms with Crippen molar-refractivity contribution in [2.45, 2.75) is 13.1 Å². The number of rotatable bonds is 5. The van der Waals surface area contributed by atoms with E-state index in [0.29, 0.717) is 10.4 Å². The fourth-order valence-corrected chi connectivity index (χ4v) is 2.78. The van der Waals surface area contributed by atoms with E-state index in [9.17, 15) is 22.8 Å². The fourth-order valence-electron chi connectivity index (χ4n) is 1.95. The van der Waals surface area contributed by atoms with Crippen LogP contribution in [0.3, 0.4) is 0 Å². The van der Waals surface area contributed by atoms with Crippen LogP contribution in [0.4, 0.5) is 13.2 Å². The van der Waals surface area contributed by atoms with E-state index in [-0.39, 0.29) is 0 Å². The highest BCUT2D eigenvalue weighted by Crippen LogP contribution is 2.28. The highest BCUT2D eigenvalue weighted by atomic mass is 32.1. The number of benzene rings is 1. The van der Waals surface area contributed by atoms with E-state index in [1.165, 1.54) is 11.3 Å². The lowest BCUT2D eigenvalue weighted by Crippen LogP contribution is -2.40. The minimum atomic E-state index is -4.48. The molecule has 0 aliphatic heterocycles. The zero-order chi connectivity index (χ0) is 17.7. The molecule has 1 aromatic heterocycles. The summed E-state index contributed by atoms with van der Waals surface area (Å²) in [5, 5.41) is 5.78. The lowest BCUT2D eigenvalue weighted by molar-refractivity contribution is -0.137. The number of hydrogen-bond donors (Lipinski definition) is 2. The third-order valence-electron chi connectivity index (χ3n) is 3.13. The molecule has 1 aromatic carbocycles. The number of aryl methyl sites for hydroxylation is 1. The van der Waals surface area contributed by atoms with E-state index >= 15 is 0 Å². The molecule has 0 atom stereocenters. The average molecular weight is 356 g/mol. The predicted molar refractivity (Wildman–Crippen MR) is 85.9 cm³/mol. The van der Waals surface area contributed by atoms with Gasteiger partial charge in [-0.25, -0.2) is 0 Å². The van der Waals surface area contributed by atoms with Gasteiger partial charge in [-0.15, -0.1) is 11.3 Å². The van der Waals surface area contributed by atoms with Crippen LogP contribution in [-0.2, 0) is 4.79 Å². The summed E-state index contributed by atoms with van der Waals surface area (Å²) in [5.41, 5.74) is 2.66. The zero-order valence-corrected chi connectivity index (χ0v) is 13.6. The van der Waals surface area contributed by atoms with Gasteiger partial charge in [0.2, 0.25) is 5.91 Å². The monoisotopic (exact) mass is 356 g/mol. The molecule has 2 amide bonds. The molecule has 8 heteroatoms. The minimum absolute atomic E-state index is 0.405. The van der Waals surface area contributed by atoms with Gasteiger partial charge in [-0.1, -0.05) is 29.8 Å². The van der Waals surface area contributed by atoms with Gasteiger partial charge in [0, 0.05) is 5.56 Å². The van der Waals surface area contributed by atoms with Gasteiger partial charge in [-0.05, 0) is 23.9 Å². The van der Waals surface area contributed by atoms with Crippen molar-refractivity contribution < 1.29 is 22.8 Å². The molecule has 0 bridgehead atoms. The molecule has 0 saturated carbocycles. The summed E-state index contributed by atoms with van der Waals surface area (Å²) >= 11 is 1.20. The van der Waals surface area contributed by atoms with Crippen LogP contribution in [0.5, 0.6) is 0 Å². The van der Waals surface area contributed by atoms with Crippen molar-refractivity contribution in [3.05, 3.63) is 46.2 Å². The SMILES string of the molecule is Cc1ccc(-c2ccsc2C(=O)NCC(=O)NCC(F)(F)F)cc1. The van der Waals surface area contributed by atoms with E-state index < -0.39 is 31.1 Å². The molecule has 0 aliphatic carbocycles.